The van der Waals surface area contributed by atoms with Crippen LogP contribution in [0.25, 0.3) is 0 Å². The van der Waals surface area contributed by atoms with Crippen LogP contribution in [0, 0.1) is 0 Å². The molecule has 3 heteroatoms. The number of ketones is 1. The van der Waals surface area contributed by atoms with E-state index in [2.05, 4.69) is 0 Å². The fourth-order valence-corrected chi connectivity index (χ4v) is 0.514. The van der Waals surface area contributed by atoms with E-state index in [1.54, 1.807) is 0 Å². The van der Waals surface area contributed by atoms with Crippen molar-refractivity contribution in [3.63, 3.8) is 0 Å². The van der Waals surface area contributed by atoms with E-state index in [1.165, 1.54) is 6.92 Å². The van der Waals surface area contributed by atoms with Crippen molar-refractivity contribution in [2.24, 2.45) is 5.73 Å². The largest absolute Gasteiger partial charge is 0.385 e. The Bertz CT molecular complexity index is 93.1. The molecule has 0 saturated carbocycles. The Morgan fingerprint density at radius 1 is 1.78 bits per heavy atom. The van der Waals surface area contributed by atoms with Gasteiger partial charge < -0.3 is 10.8 Å². The Morgan fingerprint density at radius 3 is 2.67 bits per heavy atom. The van der Waals surface area contributed by atoms with Gasteiger partial charge in [0.25, 0.3) is 0 Å². The lowest BCUT2D eigenvalue weighted by Crippen LogP contribution is -2.17. The van der Waals surface area contributed by atoms with Crippen LogP contribution in [0.1, 0.15) is 19.8 Å². The number of carbonyl (C=O) groups is 1. The van der Waals surface area contributed by atoms with Gasteiger partial charge in [0.2, 0.25) is 0 Å². The van der Waals surface area contributed by atoms with Crippen LogP contribution in [0.3, 0.4) is 0 Å². The molecular weight excluding hydrogens is 118 g/mol. The quantitative estimate of drug-likeness (QED) is 0.549. The van der Waals surface area contributed by atoms with Gasteiger partial charge in [-0.3, -0.25) is 4.79 Å². The summed E-state index contributed by atoms with van der Waals surface area (Å²) >= 11 is 0. The van der Waals surface area contributed by atoms with Gasteiger partial charge in [-0.05, 0) is 26.3 Å². The Kier molecular flexibility index (Phi) is 4.26. The summed E-state index contributed by atoms with van der Waals surface area (Å²) in [6, 6.07) is 0. The molecule has 0 radical (unpaired) electrons. The first kappa shape index (κ1) is 8.59. The summed E-state index contributed by atoms with van der Waals surface area (Å²) in [5.74, 6) is -0.177. The van der Waals surface area contributed by atoms with Gasteiger partial charge >= 0.3 is 0 Å². The van der Waals surface area contributed by atoms with Gasteiger partial charge in [0.1, 0.15) is 6.10 Å². The molecule has 0 unspecified atom stereocenters. The van der Waals surface area contributed by atoms with Crippen molar-refractivity contribution in [2.45, 2.75) is 25.9 Å². The molecule has 0 aliphatic heterocycles. The first-order valence-electron chi connectivity index (χ1n) is 3.07. The molecule has 0 aliphatic carbocycles. The Balaban J connectivity index is 3.27. The molecule has 3 nitrogen and oxygen atoms in total. The summed E-state index contributed by atoms with van der Waals surface area (Å²) in [6.45, 7) is 1.91. The number of nitrogens with two attached hydrogens (primary N) is 1. The minimum absolute atomic E-state index is 0.177. The predicted molar refractivity (Wildman–Crippen MR) is 35.0 cm³/mol. The van der Waals surface area contributed by atoms with Gasteiger partial charge in [-0.1, -0.05) is 0 Å². The van der Waals surface area contributed by atoms with E-state index in [4.69, 9.17) is 10.8 Å². The maximum atomic E-state index is 10.4. The minimum atomic E-state index is -0.798. The molecule has 54 valence electrons. The van der Waals surface area contributed by atoms with Crippen LogP contribution in [-0.2, 0) is 4.79 Å². The Morgan fingerprint density at radius 2 is 2.33 bits per heavy atom. The van der Waals surface area contributed by atoms with E-state index in [0.717, 1.165) is 0 Å². The highest BCUT2D eigenvalue weighted by Gasteiger charge is 2.06. The lowest BCUT2D eigenvalue weighted by atomic mass is 10.1. The number of rotatable bonds is 4. The molecule has 0 rings (SSSR count). The molecule has 0 heterocycles. The third-order valence-corrected chi connectivity index (χ3v) is 1.15. The Labute approximate surface area is 54.9 Å². The SMILES string of the molecule is CC(=O)[C@H](O)CCCN. The van der Waals surface area contributed by atoms with Gasteiger partial charge in [0.15, 0.2) is 5.78 Å². The van der Waals surface area contributed by atoms with Crippen molar-refractivity contribution in [3.8, 4) is 0 Å². The maximum absolute atomic E-state index is 10.4. The van der Waals surface area contributed by atoms with Crippen molar-refractivity contribution in [3.05, 3.63) is 0 Å². The van der Waals surface area contributed by atoms with Gasteiger partial charge in [0.05, 0.1) is 0 Å². The highest BCUT2D eigenvalue weighted by Crippen LogP contribution is 1.95. The molecule has 0 aromatic carbocycles. The first-order valence-corrected chi connectivity index (χ1v) is 3.07. The van der Waals surface area contributed by atoms with Crippen molar-refractivity contribution >= 4 is 5.78 Å². The molecule has 0 aromatic heterocycles. The second-order valence-corrected chi connectivity index (χ2v) is 2.06. The molecule has 0 spiro atoms. The van der Waals surface area contributed by atoms with Crippen LogP contribution >= 0.6 is 0 Å². The van der Waals surface area contributed by atoms with Crippen LogP contribution in [0.4, 0.5) is 0 Å². The first-order chi connectivity index (χ1) is 4.18. The van der Waals surface area contributed by atoms with Crippen molar-refractivity contribution in [2.75, 3.05) is 6.54 Å². The third kappa shape index (κ3) is 4.12. The number of aliphatic hydroxyl groups excluding tert-OH is 1. The predicted octanol–water partition coefficient (Wildman–Crippen LogP) is -0.325. The smallest absolute Gasteiger partial charge is 0.158 e. The molecule has 0 aliphatic rings. The molecule has 9 heavy (non-hydrogen) atoms. The minimum Gasteiger partial charge on any atom is -0.385 e. The fourth-order valence-electron chi connectivity index (χ4n) is 0.514. The molecule has 0 bridgehead atoms. The van der Waals surface area contributed by atoms with E-state index in [1.807, 2.05) is 0 Å². The van der Waals surface area contributed by atoms with Crippen molar-refractivity contribution in [1.82, 2.24) is 0 Å². The zero-order valence-corrected chi connectivity index (χ0v) is 5.63. The molecule has 0 aromatic rings. The highest BCUT2D eigenvalue weighted by molar-refractivity contribution is 5.79. The summed E-state index contributed by atoms with van der Waals surface area (Å²) in [7, 11) is 0. The van der Waals surface area contributed by atoms with Crippen LogP contribution < -0.4 is 5.73 Å². The number of carbonyl (C=O) groups excluding carboxylic acids is 1. The summed E-state index contributed by atoms with van der Waals surface area (Å²) in [6.07, 6.45) is 0.403. The summed E-state index contributed by atoms with van der Waals surface area (Å²) in [5, 5.41) is 8.85. The number of hydrogen-bond donors (Lipinski definition) is 2. The monoisotopic (exact) mass is 131 g/mol. The number of Topliss-reactive ketones (excluding diaryl/α,β-unsaturated/α-hetero) is 1. The molecule has 0 fully saturated rings. The molecule has 0 saturated heterocycles. The second-order valence-electron chi connectivity index (χ2n) is 2.06. The summed E-state index contributed by atoms with van der Waals surface area (Å²) < 4.78 is 0. The van der Waals surface area contributed by atoms with Gasteiger partial charge in [-0.2, -0.15) is 0 Å². The van der Waals surface area contributed by atoms with Gasteiger partial charge in [-0.15, -0.1) is 0 Å². The number of hydrogen-bond acceptors (Lipinski definition) is 3. The standard InChI is InChI=1S/C6H13NO2/c1-5(8)6(9)3-2-4-7/h6,9H,2-4,7H2,1H3/t6-/m1/s1. The van der Waals surface area contributed by atoms with Gasteiger partial charge in [0, 0.05) is 0 Å². The number of aliphatic hydroxyl groups is 1. The van der Waals surface area contributed by atoms with Crippen LogP contribution in [0.2, 0.25) is 0 Å². The topological polar surface area (TPSA) is 63.3 Å². The van der Waals surface area contributed by atoms with E-state index in [0.29, 0.717) is 19.4 Å². The fraction of sp³-hybridized carbons (Fsp3) is 0.833. The molecule has 3 N–H and O–H groups in total. The van der Waals surface area contributed by atoms with Crippen LogP contribution in [-0.4, -0.2) is 23.5 Å². The normalized spacial score (nSPS) is 13.2. The van der Waals surface area contributed by atoms with Crippen molar-refractivity contribution < 1.29 is 9.90 Å². The van der Waals surface area contributed by atoms with Gasteiger partial charge in [-0.25, -0.2) is 0 Å². The van der Waals surface area contributed by atoms with E-state index in [9.17, 15) is 4.79 Å². The third-order valence-electron chi connectivity index (χ3n) is 1.15. The van der Waals surface area contributed by atoms with E-state index in [-0.39, 0.29) is 5.78 Å². The molecule has 0 amide bonds. The summed E-state index contributed by atoms with van der Waals surface area (Å²) in [4.78, 5) is 10.4. The van der Waals surface area contributed by atoms with E-state index < -0.39 is 6.10 Å². The average molecular weight is 131 g/mol. The van der Waals surface area contributed by atoms with E-state index >= 15 is 0 Å². The van der Waals surface area contributed by atoms with Crippen LogP contribution in [0.5, 0.6) is 0 Å². The molecular formula is C6H13NO2. The summed E-state index contributed by atoms with van der Waals surface area (Å²) in [5.41, 5.74) is 5.15. The zero-order valence-electron chi connectivity index (χ0n) is 5.63. The highest BCUT2D eigenvalue weighted by atomic mass is 16.3. The lowest BCUT2D eigenvalue weighted by Gasteiger charge is -2.02. The Hall–Kier alpha value is -0.410. The lowest BCUT2D eigenvalue weighted by molar-refractivity contribution is -0.125. The average Bonchev–Trinajstić information content (AvgIpc) is 1.82. The maximum Gasteiger partial charge on any atom is 0.158 e. The second kappa shape index (κ2) is 4.47. The molecule has 1 atom stereocenters. The van der Waals surface area contributed by atoms with Crippen LogP contribution in [0.15, 0.2) is 0 Å². The van der Waals surface area contributed by atoms with Crippen molar-refractivity contribution in [1.29, 1.82) is 0 Å². The zero-order chi connectivity index (χ0) is 7.28.